The summed E-state index contributed by atoms with van der Waals surface area (Å²) in [4.78, 5) is 13.9. The van der Waals surface area contributed by atoms with E-state index in [1.807, 2.05) is 4.57 Å². The summed E-state index contributed by atoms with van der Waals surface area (Å²) in [6, 6.07) is 3.48. The van der Waals surface area contributed by atoms with E-state index in [1.54, 1.807) is 0 Å². The molecule has 114 valence electrons. The second kappa shape index (κ2) is 4.25. The van der Waals surface area contributed by atoms with Crippen molar-refractivity contribution in [2.24, 2.45) is 0 Å². The van der Waals surface area contributed by atoms with Gasteiger partial charge in [0, 0.05) is 29.3 Å². The van der Waals surface area contributed by atoms with Crippen LogP contribution in [-0.4, -0.2) is 20.6 Å². The van der Waals surface area contributed by atoms with Crippen LogP contribution in [0, 0.1) is 16.4 Å². The number of fused-ring (bicyclic) bond motifs is 3. The van der Waals surface area contributed by atoms with Crippen molar-refractivity contribution in [2.75, 3.05) is 0 Å². The number of nitrogens with one attached hydrogen (secondary N) is 1. The number of imidazole rings is 1. The van der Waals surface area contributed by atoms with Crippen LogP contribution in [0.3, 0.4) is 0 Å². The van der Waals surface area contributed by atoms with Crippen LogP contribution in [0.15, 0.2) is 18.2 Å². The van der Waals surface area contributed by atoms with Crippen LogP contribution in [0.25, 0.3) is 0 Å². The van der Waals surface area contributed by atoms with Gasteiger partial charge in [0.2, 0.25) is 0 Å². The summed E-state index contributed by atoms with van der Waals surface area (Å²) in [6.07, 6.45) is 0.538. The standard InChI is InChI=1S/C15H12F2N2O2S/c16-7-1-2-10(17)8(3-7)15-5-9(15)13-11(4-12(20)21)18-14(22)19(13)6-15/h1-3,9H,4-6H2,(H,18,22)(H,20,21)/t9-,15+/m0/s1. The number of carboxylic acids is 1. The second-order valence-electron chi connectivity index (χ2n) is 5.99. The van der Waals surface area contributed by atoms with E-state index in [-0.39, 0.29) is 12.3 Å². The van der Waals surface area contributed by atoms with Crippen LogP contribution in [0.1, 0.15) is 29.3 Å². The number of rotatable bonds is 3. The first-order valence-electron chi connectivity index (χ1n) is 6.91. The molecule has 0 unspecified atom stereocenters. The quantitative estimate of drug-likeness (QED) is 0.854. The zero-order valence-electron chi connectivity index (χ0n) is 11.4. The maximum atomic E-state index is 14.1. The van der Waals surface area contributed by atoms with E-state index < -0.39 is 23.0 Å². The molecule has 4 nitrogen and oxygen atoms in total. The number of benzene rings is 1. The Labute approximate surface area is 129 Å². The van der Waals surface area contributed by atoms with Gasteiger partial charge >= 0.3 is 5.97 Å². The van der Waals surface area contributed by atoms with Crippen LogP contribution < -0.4 is 0 Å². The third kappa shape index (κ3) is 1.71. The molecule has 4 rings (SSSR count). The molecule has 2 atom stereocenters. The lowest BCUT2D eigenvalue weighted by Gasteiger charge is -2.14. The topological polar surface area (TPSA) is 58.0 Å². The highest BCUT2D eigenvalue weighted by molar-refractivity contribution is 7.71. The summed E-state index contributed by atoms with van der Waals surface area (Å²) in [5, 5.41) is 9.00. The van der Waals surface area contributed by atoms with Gasteiger partial charge in [0.25, 0.3) is 0 Å². The lowest BCUT2D eigenvalue weighted by Crippen LogP contribution is -2.14. The number of nitrogens with zero attached hydrogens (tertiary/aromatic N) is 1. The maximum absolute atomic E-state index is 14.1. The molecule has 1 fully saturated rings. The highest BCUT2D eigenvalue weighted by Crippen LogP contribution is 2.66. The normalized spacial score (nSPS) is 24.9. The Balaban J connectivity index is 1.80. The molecular formula is C15H12F2N2O2S. The van der Waals surface area contributed by atoms with Crippen molar-refractivity contribution >= 4 is 18.2 Å². The number of aliphatic carboxylic acids is 1. The van der Waals surface area contributed by atoms with E-state index in [4.69, 9.17) is 17.3 Å². The minimum atomic E-state index is -0.949. The molecule has 2 aliphatic rings. The van der Waals surface area contributed by atoms with Gasteiger partial charge in [0.1, 0.15) is 11.6 Å². The Hall–Kier alpha value is -2.02. The molecule has 1 aliphatic carbocycles. The van der Waals surface area contributed by atoms with Crippen molar-refractivity contribution in [3.63, 3.8) is 0 Å². The molecule has 0 amide bonds. The molecule has 22 heavy (non-hydrogen) atoms. The maximum Gasteiger partial charge on any atom is 0.309 e. The third-order valence-corrected chi connectivity index (χ3v) is 5.06. The SMILES string of the molecule is O=C(O)Cc1[nH]c(=S)n2c1[C@@H]1C[C@]1(c1cc(F)ccc1F)C2. The van der Waals surface area contributed by atoms with Gasteiger partial charge in [-0.3, -0.25) is 4.79 Å². The summed E-state index contributed by atoms with van der Waals surface area (Å²) in [5.41, 5.74) is 1.27. The molecule has 2 aromatic rings. The fourth-order valence-electron chi connectivity index (χ4n) is 3.76. The highest BCUT2D eigenvalue weighted by Gasteiger charge is 2.63. The highest BCUT2D eigenvalue weighted by atomic mass is 32.1. The Kier molecular flexibility index (Phi) is 2.64. The molecule has 1 saturated carbocycles. The fourth-order valence-corrected chi connectivity index (χ4v) is 4.04. The lowest BCUT2D eigenvalue weighted by molar-refractivity contribution is -0.136. The van der Waals surface area contributed by atoms with E-state index in [1.165, 1.54) is 6.07 Å². The molecular weight excluding hydrogens is 310 g/mol. The molecule has 2 heterocycles. The van der Waals surface area contributed by atoms with Gasteiger partial charge in [-0.25, -0.2) is 8.78 Å². The average Bonchev–Trinajstić information content (AvgIpc) is 2.94. The van der Waals surface area contributed by atoms with Crippen molar-refractivity contribution in [2.45, 2.75) is 30.7 Å². The first kappa shape index (κ1) is 13.6. The smallest absolute Gasteiger partial charge is 0.309 e. The summed E-state index contributed by atoms with van der Waals surface area (Å²) < 4.78 is 29.9. The molecule has 0 saturated heterocycles. The molecule has 1 aliphatic heterocycles. The Bertz CT molecular complexity index is 873. The molecule has 0 radical (unpaired) electrons. The number of hydrogen-bond donors (Lipinski definition) is 2. The predicted molar refractivity (Wildman–Crippen MR) is 76.4 cm³/mol. The number of aromatic amines is 1. The van der Waals surface area contributed by atoms with E-state index in [9.17, 15) is 13.6 Å². The van der Waals surface area contributed by atoms with Gasteiger partial charge < -0.3 is 14.7 Å². The van der Waals surface area contributed by atoms with E-state index >= 15 is 0 Å². The van der Waals surface area contributed by atoms with Crippen molar-refractivity contribution in [1.82, 2.24) is 9.55 Å². The molecule has 1 aromatic carbocycles. The Morgan fingerprint density at radius 1 is 1.50 bits per heavy atom. The van der Waals surface area contributed by atoms with Gasteiger partial charge in [0.05, 0.1) is 6.42 Å². The molecule has 0 bridgehead atoms. The zero-order valence-corrected chi connectivity index (χ0v) is 12.2. The lowest BCUT2D eigenvalue weighted by atomic mass is 9.93. The number of aromatic nitrogens is 2. The van der Waals surface area contributed by atoms with Crippen LogP contribution >= 0.6 is 12.2 Å². The summed E-state index contributed by atoms with van der Waals surface area (Å²) in [7, 11) is 0. The van der Waals surface area contributed by atoms with E-state index in [0.29, 0.717) is 29.0 Å². The first-order chi connectivity index (χ1) is 10.4. The predicted octanol–water partition coefficient (Wildman–Crippen LogP) is 2.89. The monoisotopic (exact) mass is 322 g/mol. The molecule has 2 N–H and O–H groups in total. The minimum absolute atomic E-state index is 0.00824. The summed E-state index contributed by atoms with van der Waals surface area (Å²) in [6.45, 7) is 0.461. The number of H-pyrrole nitrogens is 1. The number of carboxylic acid groups (broad SMARTS) is 1. The molecule has 1 aromatic heterocycles. The summed E-state index contributed by atoms with van der Waals surface area (Å²) >= 11 is 5.23. The molecule has 0 spiro atoms. The van der Waals surface area contributed by atoms with E-state index in [0.717, 1.165) is 17.8 Å². The zero-order chi connectivity index (χ0) is 15.6. The summed E-state index contributed by atoms with van der Waals surface area (Å²) in [5.74, 6) is -1.85. The van der Waals surface area contributed by atoms with Crippen molar-refractivity contribution in [3.05, 3.63) is 51.6 Å². The number of hydrogen-bond acceptors (Lipinski definition) is 2. The van der Waals surface area contributed by atoms with Crippen molar-refractivity contribution < 1.29 is 18.7 Å². The van der Waals surface area contributed by atoms with E-state index in [2.05, 4.69) is 4.98 Å². The second-order valence-corrected chi connectivity index (χ2v) is 6.37. The third-order valence-electron chi connectivity index (χ3n) is 4.74. The first-order valence-corrected chi connectivity index (χ1v) is 7.32. The van der Waals surface area contributed by atoms with Gasteiger partial charge in [0.15, 0.2) is 4.77 Å². The van der Waals surface area contributed by atoms with Gasteiger partial charge in [-0.05, 0) is 42.4 Å². The van der Waals surface area contributed by atoms with Gasteiger partial charge in [-0.1, -0.05) is 0 Å². The number of halogens is 2. The van der Waals surface area contributed by atoms with Gasteiger partial charge in [-0.15, -0.1) is 0 Å². The minimum Gasteiger partial charge on any atom is -0.481 e. The van der Waals surface area contributed by atoms with Crippen molar-refractivity contribution in [3.8, 4) is 0 Å². The van der Waals surface area contributed by atoms with Crippen LogP contribution in [-0.2, 0) is 23.2 Å². The van der Waals surface area contributed by atoms with Crippen molar-refractivity contribution in [1.29, 1.82) is 0 Å². The van der Waals surface area contributed by atoms with Crippen LogP contribution in [0.4, 0.5) is 8.78 Å². The molecule has 7 heteroatoms. The Morgan fingerprint density at radius 3 is 3.00 bits per heavy atom. The van der Waals surface area contributed by atoms with Crippen LogP contribution in [0.2, 0.25) is 0 Å². The fraction of sp³-hybridized carbons (Fsp3) is 0.333. The largest absolute Gasteiger partial charge is 0.481 e. The number of carbonyl (C=O) groups is 1. The van der Waals surface area contributed by atoms with Gasteiger partial charge in [-0.2, -0.15) is 0 Å². The van der Waals surface area contributed by atoms with Crippen LogP contribution in [0.5, 0.6) is 0 Å². The average molecular weight is 322 g/mol. The Morgan fingerprint density at radius 2 is 2.27 bits per heavy atom.